The van der Waals surface area contributed by atoms with Gasteiger partial charge in [0.1, 0.15) is 23.4 Å². The summed E-state index contributed by atoms with van der Waals surface area (Å²) in [5.41, 5.74) is 6.42. The molecule has 1 aromatic carbocycles. The number of hydrogen-bond donors (Lipinski definition) is 2. The topological polar surface area (TPSA) is 90.1 Å². The summed E-state index contributed by atoms with van der Waals surface area (Å²) < 4.78 is 5.99. The molecule has 0 aliphatic carbocycles. The van der Waals surface area contributed by atoms with Gasteiger partial charge in [0.25, 0.3) is 5.91 Å². The molecule has 1 amide bonds. The molecule has 0 bridgehead atoms. The third-order valence-corrected chi connectivity index (χ3v) is 3.24. The highest BCUT2D eigenvalue weighted by atomic mass is 16.5. The summed E-state index contributed by atoms with van der Waals surface area (Å²) in [4.78, 5) is 19.1. The van der Waals surface area contributed by atoms with Crippen LogP contribution in [0.15, 0.2) is 36.7 Å². The van der Waals surface area contributed by atoms with E-state index in [0.717, 1.165) is 17.7 Å². The molecular weight excluding hydrogens is 280 g/mol. The Morgan fingerprint density at radius 2 is 2.14 bits per heavy atom. The predicted octanol–water partition coefficient (Wildman–Crippen LogP) is 2.15. The number of benzene rings is 1. The Balaban J connectivity index is 1.98. The highest BCUT2D eigenvalue weighted by Crippen LogP contribution is 2.19. The maximum atomic E-state index is 11.1. The van der Waals surface area contributed by atoms with Gasteiger partial charge in [-0.15, -0.1) is 0 Å². The number of aryl methyl sites for hydroxylation is 1. The monoisotopic (exact) mass is 300 g/mol. The smallest absolute Gasteiger partial charge is 0.268 e. The highest BCUT2D eigenvalue weighted by molar-refractivity contribution is 5.90. The Bertz CT molecular complexity index is 646. The molecule has 0 spiro atoms. The number of nitrogens with two attached hydrogens (primary N) is 1. The molecule has 6 nitrogen and oxygen atoms in total. The second kappa shape index (κ2) is 7.40. The first-order valence-electron chi connectivity index (χ1n) is 7.18. The zero-order valence-corrected chi connectivity index (χ0v) is 12.7. The number of hydrogen-bond acceptors (Lipinski definition) is 5. The van der Waals surface area contributed by atoms with E-state index in [1.807, 2.05) is 31.2 Å². The van der Waals surface area contributed by atoms with Crippen LogP contribution >= 0.6 is 0 Å². The van der Waals surface area contributed by atoms with Gasteiger partial charge in [-0.1, -0.05) is 25.1 Å². The van der Waals surface area contributed by atoms with E-state index in [-0.39, 0.29) is 11.8 Å². The minimum Gasteiger partial charge on any atom is -0.488 e. The molecule has 0 aliphatic heterocycles. The molecule has 6 heteroatoms. The van der Waals surface area contributed by atoms with Gasteiger partial charge in [0.15, 0.2) is 0 Å². The van der Waals surface area contributed by atoms with Crippen LogP contribution in [0.25, 0.3) is 0 Å². The van der Waals surface area contributed by atoms with Gasteiger partial charge in [-0.05, 0) is 25.0 Å². The third kappa shape index (κ3) is 4.18. The van der Waals surface area contributed by atoms with Crippen LogP contribution in [0.2, 0.25) is 0 Å². The summed E-state index contributed by atoms with van der Waals surface area (Å²) in [6, 6.07) is 7.89. The zero-order chi connectivity index (χ0) is 15.9. The molecule has 3 N–H and O–H groups in total. The summed E-state index contributed by atoms with van der Waals surface area (Å²) in [6.45, 7) is 4.62. The molecule has 22 heavy (non-hydrogen) atoms. The molecule has 2 aromatic rings. The number of primary amides is 1. The van der Waals surface area contributed by atoms with Gasteiger partial charge >= 0.3 is 0 Å². The van der Waals surface area contributed by atoms with Gasteiger partial charge < -0.3 is 15.8 Å². The van der Waals surface area contributed by atoms with Crippen LogP contribution in [0.4, 0.5) is 5.82 Å². The molecular formula is C16H20N4O2. The largest absolute Gasteiger partial charge is 0.488 e. The van der Waals surface area contributed by atoms with Crippen molar-refractivity contribution >= 4 is 11.7 Å². The van der Waals surface area contributed by atoms with Crippen molar-refractivity contribution in [1.29, 1.82) is 0 Å². The maximum Gasteiger partial charge on any atom is 0.268 e. The number of carbonyl (C=O) groups excluding carboxylic acids is 1. The first-order chi connectivity index (χ1) is 10.6. The van der Waals surface area contributed by atoms with Crippen LogP contribution in [0.3, 0.4) is 0 Å². The van der Waals surface area contributed by atoms with Gasteiger partial charge in [-0.2, -0.15) is 0 Å². The number of ether oxygens (including phenoxy) is 1. The number of para-hydroxylation sites is 1. The van der Waals surface area contributed by atoms with Crippen LogP contribution in [0.5, 0.6) is 5.75 Å². The van der Waals surface area contributed by atoms with Crippen LogP contribution in [0, 0.1) is 6.92 Å². The quantitative estimate of drug-likeness (QED) is 0.817. The Hall–Kier alpha value is -2.63. The fourth-order valence-corrected chi connectivity index (χ4v) is 1.93. The van der Waals surface area contributed by atoms with Crippen LogP contribution < -0.4 is 15.8 Å². The van der Waals surface area contributed by atoms with E-state index in [1.165, 1.54) is 6.20 Å². The normalized spacial score (nSPS) is 11.7. The van der Waals surface area contributed by atoms with Crippen molar-refractivity contribution in [3.05, 3.63) is 47.9 Å². The average Bonchev–Trinajstić information content (AvgIpc) is 2.53. The molecule has 0 aliphatic rings. The molecule has 0 radical (unpaired) electrons. The molecule has 1 unspecified atom stereocenters. The lowest BCUT2D eigenvalue weighted by Gasteiger charge is -2.19. The number of amides is 1. The molecule has 0 saturated heterocycles. The van der Waals surface area contributed by atoms with Crippen molar-refractivity contribution in [2.45, 2.75) is 26.4 Å². The summed E-state index contributed by atoms with van der Waals surface area (Å²) >= 11 is 0. The molecule has 116 valence electrons. The number of anilines is 1. The van der Waals surface area contributed by atoms with Gasteiger partial charge in [0.05, 0.1) is 18.9 Å². The number of carbonyl (C=O) groups is 1. The fraction of sp³-hybridized carbons (Fsp3) is 0.312. The van der Waals surface area contributed by atoms with Crippen LogP contribution in [-0.4, -0.2) is 28.5 Å². The number of rotatable bonds is 7. The lowest BCUT2D eigenvalue weighted by molar-refractivity contribution is 0.0995. The molecule has 2 rings (SSSR count). The number of aromatic nitrogens is 2. The van der Waals surface area contributed by atoms with E-state index >= 15 is 0 Å². The van der Waals surface area contributed by atoms with E-state index < -0.39 is 5.91 Å². The third-order valence-electron chi connectivity index (χ3n) is 3.24. The van der Waals surface area contributed by atoms with Crippen molar-refractivity contribution in [2.24, 2.45) is 5.73 Å². The van der Waals surface area contributed by atoms with Gasteiger partial charge in [0, 0.05) is 0 Å². The van der Waals surface area contributed by atoms with Gasteiger partial charge in [-0.25, -0.2) is 4.98 Å². The second-order valence-corrected chi connectivity index (χ2v) is 4.95. The Morgan fingerprint density at radius 1 is 1.36 bits per heavy atom. The average molecular weight is 300 g/mol. The van der Waals surface area contributed by atoms with E-state index in [2.05, 4.69) is 22.2 Å². The molecule has 0 fully saturated rings. The maximum absolute atomic E-state index is 11.1. The lowest BCUT2D eigenvalue weighted by Crippen LogP contribution is -2.26. The summed E-state index contributed by atoms with van der Waals surface area (Å²) in [7, 11) is 0. The van der Waals surface area contributed by atoms with Crippen LogP contribution in [0.1, 0.15) is 29.4 Å². The molecule has 1 aromatic heterocycles. The van der Waals surface area contributed by atoms with Gasteiger partial charge in [0.2, 0.25) is 0 Å². The van der Waals surface area contributed by atoms with E-state index in [4.69, 9.17) is 10.5 Å². The Morgan fingerprint density at radius 3 is 2.82 bits per heavy atom. The summed E-state index contributed by atoms with van der Waals surface area (Å²) in [6.07, 6.45) is 3.71. The van der Waals surface area contributed by atoms with Crippen molar-refractivity contribution in [2.75, 3.05) is 11.9 Å². The van der Waals surface area contributed by atoms with Crippen molar-refractivity contribution in [1.82, 2.24) is 9.97 Å². The van der Waals surface area contributed by atoms with Crippen molar-refractivity contribution in [3.8, 4) is 5.75 Å². The SMILES string of the molecule is CCC(CNc1cncc(C(N)=O)n1)Oc1ccccc1C. The van der Waals surface area contributed by atoms with Gasteiger partial charge in [-0.3, -0.25) is 9.78 Å². The Labute approximate surface area is 129 Å². The lowest BCUT2D eigenvalue weighted by atomic mass is 10.2. The molecule has 1 atom stereocenters. The molecule has 0 saturated carbocycles. The van der Waals surface area contributed by atoms with Crippen molar-refractivity contribution in [3.63, 3.8) is 0 Å². The zero-order valence-electron chi connectivity index (χ0n) is 12.7. The number of nitrogens with one attached hydrogen (secondary N) is 1. The first-order valence-corrected chi connectivity index (χ1v) is 7.18. The summed E-state index contributed by atoms with van der Waals surface area (Å²) in [5.74, 6) is 0.774. The molecule has 1 heterocycles. The standard InChI is InChI=1S/C16H20N4O2/c1-3-12(22-14-7-5-4-6-11(14)2)8-19-15-10-18-9-13(20-15)16(17)21/h4-7,9-10,12H,3,8H2,1-2H3,(H2,17,21)(H,19,20). The van der Waals surface area contributed by atoms with E-state index in [1.54, 1.807) is 6.20 Å². The van der Waals surface area contributed by atoms with Crippen LogP contribution in [-0.2, 0) is 0 Å². The van der Waals surface area contributed by atoms with E-state index in [9.17, 15) is 4.79 Å². The minimum atomic E-state index is -0.598. The first kappa shape index (κ1) is 15.8. The number of nitrogens with zero attached hydrogens (tertiary/aromatic N) is 2. The second-order valence-electron chi connectivity index (χ2n) is 4.95. The predicted molar refractivity (Wildman–Crippen MR) is 84.9 cm³/mol. The Kier molecular flexibility index (Phi) is 5.30. The highest BCUT2D eigenvalue weighted by Gasteiger charge is 2.11. The summed E-state index contributed by atoms with van der Waals surface area (Å²) in [5, 5.41) is 3.12. The van der Waals surface area contributed by atoms with E-state index in [0.29, 0.717) is 12.4 Å². The fourth-order valence-electron chi connectivity index (χ4n) is 1.93. The minimum absolute atomic E-state index is 0.0138. The van der Waals surface area contributed by atoms with Crippen molar-refractivity contribution < 1.29 is 9.53 Å².